The molecular formula is C5H11OP. The lowest BCUT2D eigenvalue weighted by molar-refractivity contribution is 0.232. The molecule has 0 heterocycles. The Morgan fingerprint density at radius 2 is 2.43 bits per heavy atom. The lowest BCUT2D eigenvalue weighted by Crippen LogP contribution is -1.82. The molecule has 0 rings (SSSR count). The highest BCUT2D eigenvalue weighted by Crippen LogP contribution is 1.97. The van der Waals surface area contributed by atoms with Crippen molar-refractivity contribution >= 4 is 9.24 Å². The van der Waals surface area contributed by atoms with Crippen molar-refractivity contribution in [3.8, 4) is 0 Å². The molecule has 0 saturated carbocycles. The summed E-state index contributed by atoms with van der Waals surface area (Å²) in [4.78, 5) is 0. The monoisotopic (exact) mass is 118 g/mol. The van der Waals surface area contributed by atoms with E-state index in [2.05, 4.69) is 9.24 Å². The summed E-state index contributed by atoms with van der Waals surface area (Å²) in [5.41, 5.74) is 0. The van der Waals surface area contributed by atoms with Crippen LogP contribution in [-0.4, -0.2) is 6.61 Å². The molecule has 0 spiro atoms. The van der Waals surface area contributed by atoms with Crippen LogP contribution in [0.2, 0.25) is 0 Å². The molecule has 0 aliphatic heterocycles. The van der Waals surface area contributed by atoms with Crippen LogP contribution in [0.3, 0.4) is 0 Å². The van der Waals surface area contributed by atoms with Gasteiger partial charge in [0.25, 0.3) is 0 Å². The number of hydrogen-bond acceptors (Lipinski definition) is 1. The Labute approximate surface area is 47.0 Å². The summed E-state index contributed by atoms with van der Waals surface area (Å²) in [5, 5.41) is 0. The average Bonchev–Trinajstić information content (AvgIpc) is 1.68. The molecule has 0 aliphatic carbocycles. The van der Waals surface area contributed by atoms with Crippen LogP contribution in [0.5, 0.6) is 0 Å². The van der Waals surface area contributed by atoms with E-state index in [9.17, 15) is 0 Å². The fraction of sp³-hybridized carbons (Fsp3) is 0.600. The fourth-order valence-electron chi connectivity index (χ4n) is 0.276. The van der Waals surface area contributed by atoms with Gasteiger partial charge in [-0.15, -0.1) is 9.24 Å². The van der Waals surface area contributed by atoms with Gasteiger partial charge in [0.15, 0.2) is 0 Å². The molecule has 0 N–H and O–H groups in total. The van der Waals surface area contributed by atoms with Crippen LogP contribution >= 0.6 is 9.24 Å². The highest BCUT2D eigenvalue weighted by atomic mass is 31.0. The Morgan fingerprint density at radius 3 is 2.57 bits per heavy atom. The van der Waals surface area contributed by atoms with Gasteiger partial charge >= 0.3 is 0 Å². The van der Waals surface area contributed by atoms with Crippen molar-refractivity contribution in [2.75, 3.05) is 6.61 Å². The summed E-state index contributed by atoms with van der Waals surface area (Å²) in [5.74, 6) is 2.83. The van der Waals surface area contributed by atoms with Crippen molar-refractivity contribution < 1.29 is 4.74 Å². The molecular weight excluding hydrogens is 107 g/mol. The molecule has 1 atom stereocenters. The summed E-state index contributed by atoms with van der Waals surface area (Å²) in [6.07, 6.45) is 0. The maximum Gasteiger partial charge on any atom is 0.0928 e. The van der Waals surface area contributed by atoms with Crippen molar-refractivity contribution in [3.63, 3.8) is 0 Å². The zero-order chi connectivity index (χ0) is 5.70. The SMILES string of the molecule is CCO/C(C)=C\P. The van der Waals surface area contributed by atoms with Gasteiger partial charge < -0.3 is 4.74 Å². The van der Waals surface area contributed by atoms with Crippen molar-refractivity contribution in [2.24, 2.45) is 0 Å². The topological polar surface area (TPSA) is 9.23 Å². The highest BCUT2D eigenvalue weighted by Gasteiger charge is 1.77. The summed E-state index contributed by atoms with van der Waals surface area (Å²) in [6, 6.07) is 0. The van der Waals surface area contributed by atoms with E-state index in [4.69, 9.17) is 4.74 Å². The second kappa shape index (κ2) is 4.14. The van der Waals surface area contributed by atoms with Gasteiger partial charge in [0.2, 0.25) is 0 Å². The molecule has 0 aromatic carbocycles. The van der Waals surface area contributed by atoms with E-state index in [0.717, 1.165) is 12.4 Å². The maximum atomic E-state index is 5.03. The molecule has 0 aliphatic rings. The van der Waals surface area contributed by atoms with Crippen LogP contribution in [-0.2, 0) is 4.74 Å². The first-order chi connectivity index (χ1) is 3.31. The van der Waals surface area contributed by atoms with Gasteiger partial charge in [-0.05, 0) is 19.7 Å². The van der Waals surface area contributed by atoms with E-state index in [1.54, 1.807) is 0 Å². The highest BCUT2D eigenvalue weighted by molar-refractivity contribution is 7.20. The van der Waals surface area contributed by atoms with Crippen LogP contribution in [0, 0.1) is 0 Å². The first kappa shape index (κ1) is 6.97. The summed E-state index contributed by atoms with van der Waals surface area (Å²) in [6.45, 7) is 4.66. The van der Waals surface area contributed by atoms with Crippen LogP contribution < -0.4 is 0 Å². The molecule has 1 nitrogen and oxygen atoms in total. The smallest absolute Gasteiger partial charge is 0.0928 e. The predicted molar refractivity (Wildman–Crippen MR) is 35.1 cm³/mol. The maximum absolute atomic E-state index is 5.03. The summed E-state index contributed by atoms with van der Waals surface area (Å²) < 4.78 is 5.03. The Hall–Kier alpha value is -0.0300. The van der Waals surface area contributed by atoms with Gasteiger partial charge in [-0.3, -0.25) is 0 Å². The van der Waals surface area contributed by atoms with Crippen LogP contribution in [0.4, 0.5) is 0 Å². The van der Waals surface area contributed by atoms with E-state index in [1.165, 1.54) is 0 Å². The second-order valence-electron chi connectivity index (χ2n) is 1.21. The largest absolute Gasteiger partial charge is 0.499 e. The van der Waals surface area contributed by atoms with Gasteiger partial charge in [0.1, 0.15) is 0 Å². The summed E-state index contributed by atoms with van der Waals surface area (Å²) >= 11 is 0. The Balaban J connectivity index is 3.17. The average molecular weight is 118 g/mol. The van der Waals surface area contributed by atoms with Crippen molar-refractivity contribution in [3.05, 3.63) is 11.6 Å². The third-order valence-electron chi connectivity index (χ3n) is 0.607. The van der Waals surface area contributed by atoms with Gasteiger partial charge in [-0.2, -0.15) is 0 Å². The Morgan fingerprint density at radius 1 is 1.86 bits per heavy atom. The zero-order valence-electron chi connectivity index (χ0n) is 4.77. The molecule has 1 unspecified atom stereocenters. The predicted octanol–water partition coefficient (Wildman–Crippen LogP) is 1.76. The molecule has 0 radical (unpaired) electrons. The van der Waals surface area contributed by atoms with E-state index in [1.807, 2.05) is 19.7 Å². The third-order valence-corrected chi connectivity index (χ3v) is 1.08. The minimum atomic E-state index is 0.761. The molecule has 0 saturated heterocycles. The van der Waals surface area contributed by atoms with Gasteiger partial charge in [0.05, 0.1) is 12.4 Å². The molecule has 0 fully saturated rings. The number of allylic oxidation sites excluding steroid dienone is 1. The molecule has 2 heteroatoms. The fourth-order valence-corrected chi connectivity index (χ4v) is 0.372. The van der Waals surface area contributed by atoms with Gasteiger partial charge in [-0.1, -0.05) is 0 Å². The molecule has 7 heavy (non-hydrogen) atoms. The molecule has 42 valence electrons. The van der Waals surface area contributed by atoms with Crippen LogP contribution in [0.1, 0.15) is 13.8 Å². The normalized spacial score (nSPS) is 11.6. The van der Waals surface area contributed by atoms with E-state index in [0.29, 0.717) is 0 Å². The quantitative estimate of drug-likeness (QED) is 0.396. The molecule has 0 bridgehead atoms. The molecule has 0 amide bonds. The van der Waals surface area contributed by atoms with Crippen LogP contribution in [0.15, 0.2) is 11.6 Å². The standard InChI is InChI=1S/C5H11OP/c1-3-6-5(2)4-7/h4H,3,7H2,1-2H3/b5-4-. The van der Waals surface area contributed by atoms with Crippen molar-refractivity contribution in [1.29, 1.82) is 0 Å². The van der Waals surface area contributed by atoms with Crippen molar-refractivity contribution in [2.45, 2.75) is 13.8 Å². The van der Waals surface area contributed by atoms with Crippen molar-refractivity contribution in [1.82, 2.24) is 0 Å². The Kier molecular flexibility index (Phi) is 4.12. The van der Waals surface area contributed by atoms with Gasteiger partial charge in [-0.25, -0.2) is 0 Å². The Bertz CT molecular complexity index is 68.5. The second-order valence-corrected chi connectivity index (χ2v) is 1.54. The van der Waals surface area contributed by atoms with Crippen LogP contribution in [0.25, 0.3) is 0 Å². The van der Waals surface area contributed by atoms with E-state index >= 15 is 0 Å². The minimum absolute atomic E-state index is 0.761. The van der Waals surface area contributed by atoms with E-state index < -0.39 is 0 Å². The number of hydrogen-bond donors (Lipinski definition) is 0. The minimum Gasteiger partial charge on any atom is -0.499 e. The van der Waals surface area contributed by atoms with E-state index in [-0.39, 0.29) is 0 Å². The summed E-state index contributed by atoms with van der Waals surface area (Å²) in [7, 11) is 2.48. The zero-order valence-corrected chi connectivity index (χ0v) is 5.92. The number of ether oxygens (including phenoxy) is 1. The van der Waals surface area contributed by atoms with Gasteiger partial charge in [0, 0.05) is 0 Å². The molecule has 0 aromatic heterocycles. The lowest BCUT2D eigenvalue weighted by atomic mass is 10.6. The molecule has 0 aromatic rings. The lowest BCUT2D eigenvalue weighted by Gasteiger charge is -1.97. The third kappa shape index (κ3) is 3.81. The first-order valence-corrected chi connectivity index (χ1v) is 2.99. The number of rotatable bonds is 2. The first-order valence-electron chi connectivity index (χ1n) is 2.32.